The number of nitrogens with zero attached hydrogens (tertiary/aromatic N) is 3. The van der Waals surface area contributed by atoms with Crippen molar-refractivity contribution < 1.29 is 4.74 Å². The number of hydrogen-bond donors (Lipinski definition) is 1. The molecule has 21 heavy (non-hydrogen) atoms. The maximum absolute atomic E-state index is 5.52. The molecule has 0 aliphatic carbocycles. The Bertz CT molecular complexity index is 428. The highest BCUT2D eigenvalue weighted by Crippen LogP contribution is 2.34. The first-order valence-corrected chi connectivity index (χ1v) is 8.18. The zero-order chi connectivity index (χ0) is 15.3. The second-order valence-electron chi connectivity index (χ2n) is 6.01. The number of likely N-dealkylation sites (N-methyl/N-ethyl adjacent to an activating group) is 1. The normalized spacial score (nSPS) is 21.1. The lowest BCUT2D eigenvalue weighted by Gasteiger charge is -2.47. The van der Waals surface area contributed by atoms with Gasteiger partial charge in [0, 0.05) is 37.6 Å². The van der Waals surface area contributed by atoms with Gasteiger partial charge in [-0.1, -0.05) is 13.8 Å². The van der Waals surface area contributed by atoms with Gasteiger partial charge in [0.2, 0.25) is 0 Å². The minimum absolute atomic E-state index is 0.0510. The number of morpholine rings is 1. The van der Waals surface area contributed by atoms with Crippen LogP contribution < -0.4 is 5.32 Å². The van der Waals surface area contributed by atoms with Crippen molar-refractivity contribution in [2.24, 2.45) is 0 Å². The topological polar surface area (TPSA) is 42.3 Å². The second kappa shape index (κ2) is 7.38. The first kappa shape index (κ1) is 16.5. The minimum atomic E-state index is 0.0510. The number of imidazole rings is 1. The van der Waals surface area contributed by atoms with Crippen LogP contribution >= 0.6 is 0 Å². The Hall–Kier alpha value is -0.910. The molecule has 0 spiro atoms. The van der Waals surface area contributed by atoms with Gasteiger partial charge in [-0.25, -0.2) is 4.98 Å². The lowest BCUT2D eigenvalue weighted by atomic mass is 9.86. The van der Waals surface area contributed by atoms with Gasteiger partial charge in [0.15, 0.2) is 0 Å². The van der Waals surface area contributed by atoms with Crippen LogP contribution in [0.2, 0.25) is 0 Å². The summed E-state index contributed by atoms with van der Waals surface area (Å²) in [6.45, 7) is 11.5. The molecular formula is C16H30N4O. The van der Waals surface area contributed by atoms with Gasteiger partial charge in [0.1, 0.15) is 5.82 Å². The SMILES string of the molecule is CCCn1ccnc1C(NC)C(C)(CC)N1CCOCC1. The van der Waals surface area contributed by atoms with E-state index in [-0.39, 0.29) is 11.6 Å². The summed E-state index contributed by atoms with van der Waals surface area (Å²) in [5, 5.41) is 3.53. The molecule has 0 bridgehead atoms. The van der Waals surface area contributed by atoms with Gasteiger partial charge in [0.05, 0.1) is 19.3 Å². The Labute approximate surface area is 128 Å². The number of rotatable bonds is 7. The fraction of sp³-hybridized carbons (Fsp3) is 0.812. The van der Waals surface area contributed by atoms with Crippen LogP contribution in [0.25, 0.3) is 0 Å². The predicted octanol–water partition coefficient (Wildman–Crippen LogP) is 2.05. The summed E-state index contributed by atoms with van der Waals surface area (Å²) >= 11 is 0. The third-order valence-electron chi connectivity index (χ3n) is 4.83. The predicted molar refractivity (Wildman–Crippen MR) is 85.4 cm³/mol. The van der Waals surface area contributed by atoms with E-state index in [2.05, 4.69) is 46.7 Å². The Balaban J connectivity index is 2.29. The van der Waals surface area contributed by atoms with Crippen molar-refractivity contribution in [2.75, 3.05) is 33.4 Å². The number of hydrogen-bond acceptors (Lipinski definition) is 4. The number of aromatic nitrogens is 2. The molecule has 5 heteroatoms. The summed E-state index contributed by atoms with van der Waals surface area (Å²) < 4.78 is 7.81. The molecule has 0 radical (unpaired) electrons. The van der Waals surface area contributed by atoms with Gasteiger partial charge in [-0.3, -0.25) is 4.90 Å². The Kier molecular flexibility index (Phi) is 5.79. The molecule has 5 nitrogen and oxygen atoms in total. The first-order valence-electron chi connectivity index (χ1n) is 8.18. The molecule has 2 heterocycles. The van der Waals surface area contributed by atoms with Gasteiger partial charge in [-0.15, -0.1) is 0 Å². The molecular weight excluding hydrogens is 264 g/mol. The number of aryl methyl sites for hydroxylation is 1. The molecule has 2 unspecified atom stereocenters. The minimum Gasteiger partial charge on any atom is -0.379 e. The van der Waals surface area contributed by atoms with Crippen LogP contribution in [-0.2, 0) is 11.3 Å². The molecule has 0 aromatic carbocycles. The van der Waals surface area contributed by atoms with E-state index in [9.17, 15) is 0 Å². The quantitative estimate of drug-likeness (QED) is 0.836. The van der Waals surface area contributed by atoms with Crippen LogP contribution in [0.5, 0.6) is 0 Å². The number of nitrogens with one attached hydrogen (secondary N) is 1. The van der Waals surface area contributed by atoms with Crippen molar-refractivity contribution in [3.05, 3.63) is 18.2 Å². The molecule has 1 saturated heterocycles. The van der Waals surface area contributed by atoms with E-state index in [1.165, 1.54) is 0 Å². The summed E-state index contributed by atoms with van der Waals surface area (Å²) in [4.78, 5) is 7.22. The second-order valence-corrected chi connectivity index (χ2v) is 6.01. The molecule has 0 saturated carbocycles. The van der Waals surface area contributed by atoms with E-state index in [0.29, 0.717) is 0 Å². The fourth-order valence-corrected chi connectivity index (χ4v) is 3.41. The fourth-order valence-electron chi connectivity index (χ4n) is 3.41. The zero-order valence-corrected chi connectivity index (χ0v) is 13.9. The third-order valence-corrected chi connectivity index (χ3v) is 4.83. The standard InChI is InChI=1S/C16H30N4O/c1-5-8-19-9-7-18-15(19)14(17-4)16(3,6-2)20-10-12-21-13-11-20/h7,9,14,17H,5-6,8,10-13H2,1-4H3. The monoisotopic (exact) mass is 294 g/mol. The van der Waals surface area contributed by atoms with E-state index in [1.54, 1.807) is 0 Å². The summed E-state index contributed by atoms with van der Waals surface area (Å²) in [7, 11) is 2.05. The maximum atomic E-state index is 5.52. The van der Waals surface area contributed by atoms with E-state index in [0.717, 1.165) is 51.5 Å². The lowest BCUT2D eigenvalue weighted by molar-refractivity contribution is -0.0335. The van der Waals surface area contributed by atoms with Crippen LogP contribution in [0.15, 0.2) is 12.4 Å². The Morgan fingerprint density at radius 2 is 2.10 bits per heavy atom. The summed E-state index contributed by atoms with van der Waals surface area (Å²) in [6, 6.07) is 0.224. The first-order chi connectivity index (χ1) is 10.2. The van der Waals surface area contributed by atoms with Crippen molar-refractivity contribution in [3.63, 3.8) is 0 Å². The van der Waals surface area contributed by atoms with Crippen LogP contribution in [-0.4, -0.2) is 53.3 Å². The van der Waals surface area contributed by atoms with Gasteiger partial charge >= 0.3 is 0 Å². The van der Waals surface area contributed by atoms with Gasteiger partial charge < -0.3 is 14.6 Å². The van der Waals surface area contributed by atoms with E-state index < -0.39 is 0 Å². The molecule has 120 valence electrons. The Morgan fingerprint density at radius 1 is 1.38 bits per heavy atom. The van der Waals surface area contributed by atoms with Crippen LogP contribution in [0.4, 0.5) is 0 Å². The third kappa shape index (κ3) is 3.30. The van der Waals surface area contributed by atoms with Crippen molar-refractivity contribution in [3.8, 4) is 0 Å². The average Bonchev–Trinajstić information content (AvgIpc) is 2.97. The highest BCUT2D eigenvalue weighted by molar-refractivity contribution is 5.10. The molecule has 1 N–H and O–H groups in total. The molecule has 1 aromatic rings. The summed E-state index contributed by atoms with van der Waals surface area (Å²) in [5.74, 6) is 1.15. The van der Waals surface area contributed by atoms with Crippen molar-refractivity contribution in [1.29, 1.82) is 0 Å². The average molecular weight is 294 g/mol. The van der Waals surface area contributed by atoms with Crippen molar-refractivity contribution >= 4 is 0 Å². The highest BCUT2D eigenvalue weighted by atomic mass is 16.5. The maximum Gasteiger partial charge on any atom is 0.127 e. The molecule has 1 aliphatic heterocycles. The van der Waals surface area contributed by atoms with Crippen LogP contribution in [0, 0.1) is 0 Å². The summed E-state index contributed by atoms with van der Waals surface area (Å²) in [6.07, 6.45) is 6.22. The molecule has 1 fully saturated rings. The smallest absolute Gasteiger partial charge is 0.127 e. The molecule has 0 amide bonds. The van der Waals surface area contributed by atoms with E-state index >= 15 is 0 Å². The van der Waals surface area contributed by atoms with Crippen LogP contribution in [0.1, 0.15) is 45.5 Å². The molecule has 1 aromatic heterocycles. The lowest BCUT2D eigenvalue weighted by Crippen LogP contribution is -2.57. The highest BCUT2D eigenvalue weighted by Gasteiger charge is 2.40. The van der Waals surface area contributed by atoms with Crippen molar-refractivity contribution in [2.45, 2.75) is 51.7 Å². The molecule has 2 atom stereocenters. The largest absolute Gasteiger partial charge is 0.379 e. The number of ether oxygens (including phenoxy) is 1. The van der Waals surface area contributed by atoms with E-state index in [4.69, 9.17) is 4.74 Å². The van der Waals surface area contributed by atoms with E-state index in [1.807, 2.05) is 13.2 Å². The zero-order valence-electron chi connectivity index (χ0n) is 13.9. The van der Waals surface area contributed by atoms with Gasteiger partial charge in [-0.05, 0) is 26.8 Å². The summed E-state index contributed by atoms with van der Waals surface area (Å²) in [5.41, 5.74) is 0.0510. The van der Waals surface area contributed by atoms with Crippen LogP contribution in [0.3, 0.4) is 0 Å². The Morgan fingerprint density at radius 3 is 2.67 bits per heavy atom. The van der Waals surface area contributed by atoms with Crippen molar-refractivity contribution in [1.82, 2.24) is 19.8 Å². The molecule has 1 aliphatic rings. The van der Waals surface area contributed by atoms with Gasteiger partial charge in [0.25, 0.3) is 0 Å². The van der Waals surface area contributed by atoms with Gasteiger partial charge in [-0.2, -0.15) is 0 Å². The molecule has 2 rings (SSSR count).